The van der Waals surface area contributed by atoms with Crippen molar-refractivity contribution in [2.45, 2.75) is 55.4 Å². The lowest BCUT2D eigenvalue weighted by Crippen LogP contribution is -2.36. The summed E-state index contributed by atoms with van der Waals surface area (Å²) >= 11 is 1.85. The largest absolute Gasteiger partial charge is 0.301 e. The van der Waals surface area contributed by atoms with Crippen LogP contribution in [0, 0.1) is 0 Å². The monoisotopic (exact) mass is 285 g/mol. The highest BCUT2D eigenvalue weighted by Crippen LogP contribution is 2.37. The molecule has 3 heterocycles. The first-order chi connectivity index (χ1) is 8.29. The number of halogens is 1. The van der Waals surface area contributed by atoms with Crippen LogP contribution >= 0.6 is 24.2 Å². The zero-order valence-corrected chi connectivity index (χ0v) is 13.0. The minimum Gasteiger partial charge on any atom is -0.301 e. The number of rotatable bonds is 2. The second kappa shape index (κ2) is 8.08. The maximum absolute atomic E-state index is 2.61. The van der Waals surface area contributed by atoms with Gasteiger partial charge in [0.1, 0.15) is 0 Å². The molecular formula is C15H24ClNS. The van der Waals surface area contributed by atoms with Gasteiger partial charge >= 0.3 is 0 Å². The van der Waals surface area contributed by atoms with Crippen LogP contribution in [0.5, 0.6) is 0 Å². The molecule has 1 aromatic rings. The van der Waals surface area contributed by atoms with E-state index in [0.29, 0.717) is 0 Å². The van der Waals surface area contributed by atoms with E-state index in [1.807, 2.05) is 11.8 Å². The van der Waals surface area contributed by atoms with Gasteiger partial charge in [-0.2, -0.15) is 0 Å². The van der Waals surface area contributed by atoms with E-state index in [0.717, 1.165) is 6.04 Å². The summed E-state index contributed by atoms with van der Waals surface area (Å²) < 4.78 is 0. The Bertz CT molecular complexity index is 325. The molecule has 0 amide bonds. The quantitative estimate of drug-likeness (QED) is 0.776. The molecular weight excluding hydrogens is 262 g/mol. The molecule has 1 nitrogen and oxygen atoms in total. The van der Waals surface area contributed by atoms with E-state index in [2.05, 4.69) is 43.0 Å². The number of hydrogen-bond acceptors (Lipinski definition) is 2. The van der Waals surface area contributed by atoms with Crippen molar-refractivity contribution >= 4 is 24.2 Å². The van der Waals surface area contributed by atoms with Crippen molar-refractivity contribution in [3.8, 4) is 0 Å². The molecule has 1 atom stereocenters. The molecule has 1 saturated heterocycles. The topological polar surface area (TPSA) is 3.24 Å². The van der Waals surface area contributed by atoms with Gasteiger partial charge in [-0.1, -0.05) is 31.2 Å². The number of piperidine rings is 1. The highest BCUT2D eigenvalue weighted by atomic mass is 35.5. The fraction of sp³-hybridized carbons (Fsp3) is 0.600. The summed E-state index contributed by atoms with van der Waals surface area (Å²) in [6, 6.07) is 9.33. The van der Waals surface area contributed by atoms with Gasteiger partial charge in [0.05, 0.1) is 0 Å². The predicted octanol–water partition coefficient (Wildman–Crippen LogP) is 4.84. The van der Waals surface area contributed by atoms with Crippen molar-refractivity contribution in [1.82, 2.24) is 4.90 Å². The molecule has 0 aliphatic carbocycles. The second-order valence-electron chi connectivity index (χ2n) is 4.93. The van der Waals surface area contributed by atoms with Crippen molar-refractivity contribution in [3.63, 3.8) is 0 Å². The summed E-state index contributed by atoms with van der Waals surface area (Å²) in [6.45, 7) is 7.30. The van der Waals surface area contributed by atoms with Crippen LogP contribution in [0.3, 0.4) is 0 Å². The van der Waals surface area contributed by atoms with Crippen molar-refractivity contribution < 1.29 is 0 Å². The molecule has 2 bridgehead atoms. The van der Waals surface area contributed by atoms with Gasteiger partial charge in [0.25, 0.3) is 0 Å². The Morgan fingerprint density at radius 2 is 1.72 bits per heavy atom. The van der Waals surface area contributed by atoms with Crippen molar-refractivity contribution in [2.75, 3.05) is 13.1 Å². The maximum atomic E-state index is 2.61. The molecule has 18 heavy (non-hydrogen) atoms. The van der Waals surface area contributed by atoms with Crippen LogP contribution in [0.15, 0.2) is 34.1 Å². The average molecular weight is 286 g/mol. The normalized spacial score (nSPS) is 18.8. The molecule has 0 saturated carbocycles. The highest BCUT2D eigenvalue weighted by molar-refractivity contribution is 8.00. The lowest BCUT2D eigenvalue weighted by atomic mass is 10.1. The van der Waals surface area contributed by atoms with Gasteiger partial charge < -0.3 is 4.90 Å². The number of benzene rings is 1. The van der Waals surface area contributed by atoms with Crippen LogP contribution in [-0.4, -0.2) is 24.0 Å². The molecule has 102 valence electrons. The second-order valence-corrected chi connectivity index (χ2v) is 6.08. The van der Waals surface area contributed by atoms with E-state index in [4.69, 9.17) is 0 Å². The van der Waals surface area contributed by atoms with Gasteiger partial charge in [0.2, 0.25) is 0 Å². The van der Waals surface area contributed by atoms with Crippen LogP contribution in [0.1, 0.15) is 39.5 Å². The number of nitrogens with zero attached hydrogens (tertiary/aromatic N) is 1. The smallest absolute Gasteiger partial charge is 0.0133 e. The minimum absolute atomic E-state index is 0. The van der Waals surface area contributed by atoms with E-state index in [9.17, 15) is 0 Å². The number of likely N-dealkylation sites (tertiary alicyclic amines) is 1. The van der Waals surface area contributed by atoms with Gasteiger partial charge in [-0.15, -0.1) is 12.4 Å². The zero-order chi connectivity index (χ0) is 12.1. The molecule has 1 fully saturated rings. The first-order valence-corrected chi connectivity index (χ1v) is 7.63. The van der Waals surface area contributed by atoms with Gasteiger partial charge in [-0.05, 0) is 57.5 Å². The maximum Gasteiger partial charge on any atom is 0.0133 e. The highest BCUT2D eigenvalue weighted by Gasteiger charge is 2.14. The first kappa shape index (κ1) is 15.9. The van der Waals surface area contributed by atoms with Gasteiger partial charge in [0.15, 0.2) is 0 Å². The number of fused-ring (bicyclic) bond motifs is 2. The Labute approximate surface area is 122 Å². The van der Waals surface area contributed by atoms with Crippen LogP contribution in [0.2, 0.25) is 0 Å². The minimum atomic E-state index is 0. The van der Waals surface area contributed by atoms with E-state index in [1.165, 1.54) is 48.6 Å². The Balaban J connectivity index is 0.000000178. The lowest BCUT2D eigenvalue weighted by molar-refractivity contribution is 0.170. The average Bonchev–Trinajstić information content (AvgIpc) is 2.40. The van der Waals surface area contributed by atoms with Crippen LogP contribution in [0.4, 0.5) is 0 Å². The third-order valence-electron chi connectivity index (χ3n) is 3.65. The SMILES string of the molecule is CCC(C)N1CCCCC1.Cl.c1cc2cc(c1)S2. The van der Waals surface area contributed by atoms with Gasteiger partial charge in [-0.3, -0.25) is 0 Å². The van der Waals surface area contributed by atoms with Crippen LogP contribution < -0.4 is 0 Å². The lowest BCUT2D eigenvalue weighted by Gasteiger charge is -2.31. The molecule has 0 radical (unpaired) electrons. The number of hydrogen-bond donors (Lipinski definition) is 0. The molecule has 1 aromatic carbocycles. The fourth-order valence-electron chi connectivity index (χ4n) is 2.30. The Hall–Kier alpha value is -0.180. The molecule has 3 heteroatoms. The fourth-order valence-corrected chi connectivity index (χ4v) is 3.05. The van der Waals surface area contributed by atoms with Crippen molar-refractivity contribution in [3.05, 3.63) is 24.3 Å². The summed E-state index contributed by atoms with van der Waals surface area (Å²) in [5, 5.41) is 0. The summed E-state index contributed by atoms with van der Waals surface area (Å²) in [5.74, 6) is 0. The zero-order valence-electron chi connectivity index (χ0n) is 11.4. The third-order valence-corrected chi connectivity index (χ3v) is 4.63. The Morgan fingerprint density at radius 3 is 2.06 bits per heavy atom. The Kier molecular flexibility index (Phi) is 7.13. The summed E-state index contributed by atoms with van der Waals surface area (Å²) in [6.07, 6.45) is 5.60. The summed E-state index contributed by atoms with van der Waals surface area (Å²) in [4.78, 5) is 5.42. The van der Waals surface area contributed by atoms with E-state index >= 15 is 0 Å². The molecule has 3 aliphatic rings. The third kappa shape index (κ3) is 4.49. The molecule has 0 N–H and O–H groups in total. The summed E-state index contributed by atoms with van der Waals surface area (Å²) in [5.41, 5.74) is 0. The van der Waals surface area contributed by atoms with E-state index < -0.39 is 0 Å². The van der Waals surface area contributed by atoms with Gasteiger partial charge in [0, 0.05) is 15.8 Å². The summed E-state index contributed by atoms with van der Waals surface area (Å²) in [7, 11) is 0. The molecule has 3 aliphatic heterocycles. The Morgan fingerprint density at radius 1 is 1.17 bits per heavy atom. The van der Waals surface area contributed by atoms with Crippen molar-refractivity contribution in [1.29, 1.82) is 0 Å². The molecule has 0 aromatic heterocycles. The van der Waals surface area contributed by atoms with Crippen LogP contribution in [0.25, 0.3) is 0 Å². The van der Waals surface area contributed by atoms with Crippen molar-refractivity contribution in [2.24, 2.45) is 0 Å². The molecule has 1 unspecified atom stereocenters. The van der Waals surface area contributed by atoms with E-state index in [-0.39, 0.29) is 12.4 Å². The molecule has 4 rings (SSSR count). The van der Waals surface area contributed by atoms with E-state index in [1.54, 1.807) is 0 Å². The first-order valence-electron chi connectivity index (χ1n) is 6.81. The standard InChI is InChI=1S/C9H19N.C6H4S.ClH/c1-3-9(2)10-7-5-4-6-8-10;1-2-5-4-6(3-1)7-5;/h9H,3-8H2,1-2H3;1-4H;1H. The molecule has 0 spiro atoms. The van der Waals surface area contributed by atoms with Gasteiger partial charge in [-0.25, -0.2) is 0 Å². The van der Waals surface area contributed by atoms with Crippen LogP contribution in [-0.2, 0) is 0 Å². The predicted molar refractivity (Wildman–Crippen MR) is 83.0 cm³/mol.